The van der Waals surface area contributed by atoms with Crippen LogP contribution in [0.15, 0.2) is 24.3 Å². The van der Waals surface area contributed by atoms with Gasteiger partial charge in [0.25, 0.3) is 0 Å². The molecule has 0 spiro atoms. The van der Waals surface area contributed by atoms with E-state index in [-0.39, 0.29) is 29.7 Å². The zero-order valence-electron chi connectivity index (χ0n) is 17.6. The molecule has 1 unspecified atom stereocenters. The van der Waals surface area contributed by atoms with Crippen LogP contribution in [0.4, 0.5) is 0 Å². The first-order valence-electron chi connectivity index (χ1n) is 10.1. The number of carbonyl (C=O) groups excluding carboxylic acids is 1. The van der Waals surface area contributed by atoms with E-state index in [4.69, 9.17) is 18.9 Å². The Bertz CT molecular complexity index is 877. The molecule has 0 bridgehead atoms. The molecule has 2 aromatic rings. The van der Waals surface area contributed by atoms with E-state index in [9.17, 15) is 15.0 Å². The topological polar surface area (TPSA) is 99.4 Å². The Balaban J connectivity index is 1.68. The summed E-state index contributed by atoms with van der Waals surface area (Å²) in [5, 5.41) is 20.8. The molecule has 2 atom stereocenters. The van der Waals surface area contributed by atoms with Crippen LogP contribution in [0.5, 0.6) is 29.0 Å². The van der Waals surface area contributed by atoms with E-state index >= 15 is 0 Å². The Morgan fingerprint density at radius 3 is 2.50 bits per heavy atom. The van der Waals surface area contributed by atoms with Gasteiger partial charge in [0.15, 0.2) is 23.1 Å². The summed E-state index contributed by atoms with van der Waals surface area (Å²) in [6.45, 7) is 1.73. The standard InChI is InChI=1S/C22H29NO7/c1-14(24)30-20-13-21(25)23(22(20)26)16-6-4-5-7-17(16)29-11-10-15-8-9-18(27-2)19(12-15)28-3/h8-9,12-13,16-17,25-26H,4-7,10-11H2,1-3H3/t16?,17-/m0/s1. The van der Waals surface area contributed by atoms with Gasteiger partial charge in [-0.25, -0.2) is 0 Å². The van der Waals surface area contributed by atoms with Crippen molar-refractivity contribution in [2.75, 3.05) is 20.8 Å². The number of rotatable bonds is 8. The van der Waals surface area contributed by atoms with E-state index in [1.165, 1.54) is 17.6 Å². The Morgan fingerprint density at radius 2 is 1.80 bits per heavy atom. The summed E-state index contributed by atoms with van der Waals surface area (Å²) >= 11 is 0. The highest BCUT2D eigenvalue weighted by molar-refractivity contribution is 5.70. The van der Waals surface area contributed by atoms with Gasteiger partial charge in [-0.2, -0.15) is 0 Å². The second kappa shape index (κ2) is 9.75. The molecule has 8 nitrogen and oxygen atoms in total. The molecule has 1 aromatic carbocycles. The average molecular weight is 419 g/mol. The summed E-state index contributed by atoms with van der Waals surface area (Å²) in [4.78, 5) is 11.2. The predicted octanol–water partition coefficient (Wildman–Crippen LogP) is 3.58. The van der Waals surface area contributed by atoms with Crippen molar-refractivity contribution in [2.24, 2.45) is 0 Å². The van der Waals surface area contributed by atoms with Crippen molar-refractivity contribution in [2.45, 2.75) is 51.2 Å². The third-order valence-electron chi connectivity index (χ3n) is 5.38. The lowest BCUT2D eigenvalue weighted by atomic mass is 9.92. The van der Waals surface area contributed by atoms with Crippen molar-refractivity contribution >= 4 is 5.97 Å². The lowest BCUT2D eigenvalue weighted by Crippen LogP contribution is -2.30. The summed E-state index contributed by atoms with van der Waals surface area (Å²) in [6, 6.07) is 6.78. The van der Waals surface area contributed by atoms with Crippen LogP contribution in [0, 0.1) is 0 Å². The van der Waals surface area contributed by atoms with Crippen LogP contribution in [0.3, 0.4) is 0 Å². The molecule has 1 heterocycles. The molecule has 0 aliphatic heterocycles. The summed E-state index contributed by atoms with van der Waals surface area (Å²) in [5.41, 5.74) is 1.06. The van der Waals surface area contributed by atoms with Crippen LogP contribution in [-0.2, 0) is 16.0 Å². The number of aromatic nitrogens is 1. The number of esters is 1. The monoisotopic (exact) mass is 419 g/mol. The van der Waals surface area contributed by atoms with Gasteiger partial charge < -0.3 is 29.2 Å². The van der Waals surface area contributed by atoms with Gasteiger partial charge in [-0.05, 0) is 37.0 Å². The molecule has 30 heavy (non-hydrogen) atoms. The molecule has 3 rings (SSSR count). The minimum absolute atomic E-state index is 0.0466. The maximum Gasteiger partial charge on any atom is 0.308 e. The largest absolute Gasteiger partial charge is 0.494 e. The van der Waals surface area contributed by atoms with Crippen LogP contribution < -0.4 is 14.2 Å². The fraction of sp³-hybridized carbons (Fsp3) is 0.500. The Kier molecular flexibility index (Phi) is 7.10. The Morgan fingerprint density at radius 1 is 1.07 bits per heavy atom. The van der Waals surface area contributed by atoms with E-state index in [0.717, 1.165) is 31.2 Å². The summed E-state index contributed by atoms with van der Waals surface area (Å²) in [5.74, 6) is 0.332. The van der Waals surface area contributed by atoms with Crippen molar-refractivity contribution in [3.63, 3.8) is 0 Å². The Hall–Kier alpha value is -2.87. The SMILES string of the molecule is COc1ccc(CCO[C@H]2CCCCC2n2c(O)cc(OC(C)=O)c2O)cc1OC. The summed E-state index contributed by atoms with van der Waals surface area (Å²) < 4.78 is 23.2. The molecule has 8 heteroatoms. The normalized spacial score (nSPS) is 18.8. The highest BCUT2D eigenvalue weighted by Gasteiger charge is 2.32. The second-order valence-corrected chi connectivity index (χ2v) is 7.35. The molecular weight excluding hydrogens is 390 g/mol. The van der Waals surface area contributed by atoms with Crippen molar-refractivity contribution in [3.05, 3.63) is 29.8 Å². The maximum atomic E-state index is 11.2. The van der Waals surface area contributed by atoms with Crippen molar-refractivity contribution in [1.82, 2.24) is 4.57 Å². The zero-order chi connectivity index (χ0) is 21.7. The molecule has 1 aliphatic carbocycles. The van der Waals surface area contributed by atoms with Gasteiger partial charge in [0.1, 0.15) is 0 Å². The van der Waals surface area contributed by atoms with E-state index in [2.05, 4.69) is 0 Å². The van der Waals surface area contributed by atoms with Crippen LogP contribution >= 0.6 is 0 Å². The molecule has 0 radical (unpaired) electrons. The molecule has 1 aromatic heterocycles. The quantitative estimate of drug-likeness (QED) is 0.631. The van der Waals surface area contributed by atoms with E-state index in [1.807, 2.05) is 18.2 Å². The number of hydrogen-bond acceptors (Lipinski definition) is 7. The van der Waals surface area contributed by atoms with Gasteiger partial charge >= 0.3 is 5.97 Å². The fourth-order valence-electron chi connectivity index (χ4n) is 3.97. The van der Waals surface area contributed by atoms with Crippen molar-refractivity contribution < 1.29 is 34.0 Å². The number of nitrogens with zero attached hydrogens (tertiary/aromatic N) is 1. The first-order valence-corrected chi connectivity index (χ1v) is 10.1. The van der Waals surface area contributed by atoms with E-state index in [1.54, 1.807) is 14.2 Å². The number of carbonyl (C=O) groups is 1. The Labute approximate surface area is 175 Å². The van der Waals surface area contributed by atoms with Gasteiger partial charge in [0, 0.05) is 13.0 Å². The first kappa shape index (κ1) is 21.8. The molecule has 1 fully saturated rings. The first-order chi connectivity index (χ1) is 14.4. The molecule has 2 N–H and O–H groups in total. The minimum Gasteiger partial charge on any atom is -0.494 e. The number of ether oxygens (including phenoxy) is 4. The molecule has 0 saturated heterocycles. The second-order valence-electron chi connectivity index (χ2n) is 7.35. The highest BCUT2D eigenvalue weighted by atomic mass is 16.5. The lowest BCUT2D eigenvalue weighted by molar-refractivity contribution is -0.132. The van der Waals surface area contributed by atoms with Gasteiger partial charge in [-0.3, -0.25) is 9.36 Å². The number of benzene rings is 1. The third-order valence-corrected chi connectivity index (χ3v) is 5.38. The smallest absolute Gasteiger partial charge is 0.308 e. The predicted molar refractivity (Wildman–Crippen MR) is 110 cm³/mol. The molecule has 1 aliphatic rings. The van der Waals surface area contributed by atoms with Crippen LogP contribution in [-0.4, -0.2) is 47.7 Å². The molecule has 1 saturated carbocycles. The van der Waals surface area contributed by atoms with E-state index < -0.39 is 5.97 Å². The number of hydrogen-bond donors (Lipinski definition) is 2. The van der Waals surface area contributed by atoms with Crippen molar-refractivity contribution in [3.8, 4) is 29.0 Å². The summed E-state index contributed by atoms with van der Waals surface area (Å²) in [6.07, 6.45) is 4.05. The minimum atomic E-state index is -0.561. The van der Waals surface area contributed by atoms with Crippen molar-refractivity contribution in [1.29, 1.82) is 0 Å². The molecular formula is C22H29NO7. The average Bonchev–Trinajstić information content (AvgIpc) is 3.00. The molecule has 164 valence electrons. The van der Waals surface area contributed by atoms with Gasteiger partial charge in [-0.1, -0.05) is 18.9 Å². The van der Waals surface area contributed by atoms with Gasteiger partial charge in [0.2, 0.25) is 5.88 Å². The zero-order valence-corrected chi connectivity index (χ0v) is 17.6. The fourth-order valence-corrected chi connectivity index (χ4v) is 3.97. The highest BCUT2D eigenvalue weighted by Crippen LogP contribution is 2.43. The third kappa shape index (κ3) is 4.81. The van der Waals surface area contributed by atoms with Crippen LogP contribution in [0.25, 0.3) is 0 Å². The number of aromatic hydroxyl groups is 2. The molecule has 0 amide bonds. The summed E-state index contributed by atoms with van der Waals surface area (Å²) in [7, 11) is 3.20. The van der Waals surface area contributed by atoms with E-state index in [0.29, 0.717) is 24.5 Å². The maximum absolute atomic E-state index is 11.2. The number of methoxy groups -OCH3 is 2. The lowest BCUT2D eigenvalue weighted by Gasteiger charge is -2.33. The van der Waals surface area contributed by atoms with Crippen LogP contribution in [0.1, 0.15) is 44.2 Å². The van der Waals surface area contributed by atoms with Gasteiger partial charge in [-0.15, -0.1) is 0 Å². The van der Waals surface area contributed by atoms with Gasteiger partial charge in [0.05, 0.1) is 33.0 Å². The van der Waals surface area contributed by atoms with Crippen LogP contribution in [0.2, 0.25) is 0 Å².